The van der Waals surface area contributed by atoms with Crippen LogP contribution in [0.5, 0.6) is 57.5 Å². The number of fused-ring (bicyclic) bond motifs is 17. The second-order valence-corrected chi connectivity index (χ2v) is 43.6. The minimum Gasteiger partial charge on any atom is -0.507 e. The molecule has 0 radical (unpaired) electrons. The highest BCUT2D eigenvalue weighted by Gasteiger charge is 2.51. The number of unbranched alkanes of at least 4 members (excludes halogenated alkanes) is 7. The van der Waals surface area contributed by atoms with Crippen molar-refractivity contribution in [2.75, 3.05) is 0 Å². The molecule has 5 heterocycles. The van der Waals surface area contributed by atoms with Gasteiger partial charge in [-0.15, -0.1) is 0 Å². The minimum atomic E-state index is -1.10. The van der Waals surface area contributed by atoms with E-state index in [9.17, 15) is 44.7 Å². The van der Waals surface area contributed by atoms with Gasteiger partial charge in [-0.3, -0.25) is 0 Å². The fourth-order valence-corrected chi connectivity index (χ4v) is 23.0. The van der Waals surface area contributed by atoms with Crippen LogP contribution in [0.1, 0.15) is 366 Å². The van der Waals surface area contributed by atoms with E-state index in [0.717, 1.165) is 216 Å². The molecule has 5 aliphatic heterocycles. The number of aromatic carboxylic acids is 2. The summed E-state index contributed by atoms with van der Waals surface area (Å²) in [5.41, 5.74) is 18.6. The van der Waals surface area contributed by atoms with Gasteiger partial charge in [-0.2, -0.15) is 0 Å². The molecule has 19 rings (SSSR count). The van der Waals surface area contributed by atoms with Crippen molar-refractivity contribution in [3.63, 3.8) is 0 Å². The molecule has 5 N–H and O–H groups in total. The Bertz CT molecular complexity index is 6670. The van der Waals surface area contributed by atoms with Crippen LogP contribution in [0.15, 0.2) is 205 Å². The van der Waals surface area contributed by atoms with Crippen molar-refractivity contribution < 1.29 is 77.9 Å². The molecule has 142 heavy (non-hydrogen) atoms. The van der Waals surface area contributed by atoms with E-state index in [2.05, 4.69) is 197 Å². The third-order valence-electron chi connectivity index (χ3n) is 30.6. The number of ether oxygens (including phenoxy) is 7. The molecule has 748 valence electrons. The highest BCUT2D eigenvalue weighted by molar-refractivity contribution is 6.00. The predicted molar refractivity (Wildman–Crippen MR) is 571 cm³/mol. The van der Waals surface area contributed by atoms with Gasteiger partial charge in [0, 0.05) is 63.3 Å². The number of hydrogen-bond donors (Lipinski definition) is 5. The number of carboxylic acid groups (broad SMARTS) is 2. The van der Waals surface area contributed by atoms with Crippen LogP contribution in [-0.2, 0) is 43.3 Å². The molecular weight excluding hydrogens is 1770 g/mol. The van der Waals surface area contributed by atoms with Crippen LogP contribution in [0.3, 0.4) is 0 Å². The van der Waals surface area contributed by atoms with Gasteiger partial charge in [0.15, 0.2) is 0 Å². The number of carbonyl (C=O) groups is 4. The van der Waals surface area contributed by atoms with Gasteiger partial charge in [0.1, 0.15) is 96.6 Å². The number of carbonyl (C=O) groups excluding carboxylic acids is 2. The number of hydrogen-bond acceptors (Lipinski definition) is 14. The first kappa shape index (κ1) is 104. The van der Waals surface area contributed by atoms with Gasteiger partial charge in [0.2, 0.25) is 0 Å². The van der Waals surface area contributed by atoms with E-state index in [1.54, 1.807) is 6.07 Å². The molecular formula is C126H148O16. The molecule has 0 amide bonds. The molecule has 11 aromatic carbocycles. The second kappa shape index (κ2) is 43.3. The van der Waals surface area contributed by atoms with Gasteiger partial charge in [0.25, 0.3) is 0 Å². The van der Waals surface area contributed by atoms with Crippen LogP contribution in [0, 0.1) is 31.6 Å². The Morgan fingerprint density at radius 2 is 0.782 bits per heavy atom. The van der Waals surface area contributed by atoms with Crippen molar-refractivity contribution in [3.8, 4) is 79.7 Å². The Kier molecular flexibility index (Phi) is 31.7. The lowest BCUT2D eigenvalue weighted by Crippen LogP contribution is -2.45. The number of phenols is 3. The number of aromatic hydroxyl groups is 3. The maximum atomic E-state index is 13.3. The first-order valence-corrected chi connectivity index (χ1v) is 52.2. The third-order valence-corrected chi connectivity index (χ3v) is 30.6. The molecule has 0 saturated heterocycles. The molecule has 6 atom stereocenters. The smallest absolute Gasteiger partial charge is 0.343 e. The number of aryl methyl sites for hydroxylation is 7. The van der Waals surface area contributed by atoms with Crippen LogP contribution < -0.4 is 33.2 Å². The van der Waals surface area contributed by atoms with Crippen molar-refractivity contribution >= 4 is 45.4 Å². The molecule has 16 heteroatoms. The molecule has 0 fully saturated rings. The highest BCUT2D eigenvalue weighted by Crippen LogP contribution is 2.60. The zero-order valence-electron chi connectivity index (χ0n) is 87.4. The lowest BCUT2D eigenvalue weighted by atomic mass is 9.66. The van der Waals surface area contributed by atoms with Crippen molar-refractivity contribution in [1.82, 2.24) is 0 Å². The number of rotatable bonds is 23. The quantitative estimate of drug-likeness (QED) is 0.0173. The zero-order chi connectivity index (χ0) is 102. The number of phenolic OH excluding ortho intramolecular Hbond substituents is 1. The molecule has 0 aromatic heterocycles. The van der Waals surface area contributed by atoms with E-state index in [1.165, 1.54) is 40.7 Å². The molecule has 0 saturated carbocycles. The second-order valence-electron chi connectivity index (χ2n) is 43.6. The number of carboxylic acids is 2. The Hall–Kier alpha value is -12.6. The number of allylic oxidation sites excluding steroid dienone is 6. The normalized spacial score (nSPS) is 19.1. The molecule has 3 aliphatic carbocycles. The molecule has 0 unspecified atom stereocenters. The molecule has 11 aromatic rings. The topological polar surface area (TPSA) is 234 Å². The van der Waals surface area contributed by atoms with Crippen molar-refractivity contribution in [2.45, 2.75) is 332 Å². The van der Waals surface area contributed by atoms with Gasteiger partial charge in [-0.1, -0.05) is 223 Å². The van der Waals surface area contributed by atoms with E-state index in [4.69, 9.17) is 33.2 Å². The average Bonchev–Trinajstić information content (AvgIpc) is 0.743. The summed E-state index contributed by atoms with van der Waals surface area (Å²) in [5, 5.41) is 56.1. The summed E-state index contributed by atoms with van der Waals surface area (Å²) in [6.45, 7) is 42.5. The predicted octanol–water partition coefficient (Wildman–Crippen LogP) is 32.2. The monoisotopic (exact) mass is 1920 g/mol. The average molecular weight is 1920 g/mol. The van der Waals surface area contributed by atoms with Crippen LogP contribution in [0.2, 0.25) is 0 Å². The van der Waals surface area contributed by atoms with Crippen LogP contribution >= 0.6 is 0 Å². The summed E-state index contributed by atoms with van der Waals surface area (Å²) in [7, 11) is 0. The first-order chi connectivity index (χ1) is 67.6. The first-order valence-electron chi connectivity index (χ1n) is 52.2. The summed E-state index contributed by atoms with van der Waals surface area (Å²) >= 11 is 0. The van der Waals surface area contributed by atoms with Gasteiger partial charge < -0.3 is 58.7 Å². The fraction of sp³-hybridized carbons (Fsp3) is 0.429. The van der Waals surface area contributed by atoms with Crippen LogP contribution in [0.4, 0.5) is 0 Å². The van der Waals surface area contributed by atoms with E-state index >= 15 is 0 Å². The van der Waals surface area contributed by atoms with Gasteiger partial charge in [0.05, 0.1) is 22.3 Å². The summed E-state index contributed by atoms with van der Waals surface area (Å²) < 4.78 is 44.3. The Morgan fingerprint density at radius 1 is 0.380 bits per heavy atom. The van der Waals surface area contributed by atoms with Gasteiger partial charge >= 0.3 is 23.9 Å². The van der Waals surface area contributed by atoms with E-state index in [0.29, 0.717) is 86.8 Å². The maximum absolute atomic E-state index is 13.3. The SMILES string of the molecule is CCCCCc1cc(O)c2c(c1)OC(C)(C)c1ccc(C)cc1-2.CCCCCc1cc2c(c(O)c1C(=O)O)-c1cc(C)ccc1C(C)(C)O2.CCCCc1cc(OC(=O)c2ccc3ccccc3c2)c2c(c1)OC(C)(C)[C@@H]1CC=C(C)C[C@@H]21.CCCCc1cc(OC(=O)c2ccc3ccccc3c2)c2c(c1)OC(C)(C)[C@@H]1CCC(C)=C[C@@H]21.CCCCc1cc2c(c(O)c1C(=O)O)[C@@H]1CC(C)=CC[C@H]1C(C)(C)O2. The summed E-state index contributed by atoms with van der Waals surface area (Å²) in [6, 6.07) is 56.2. The zero-order valence-corrected chi connectivity index (χ0v) is 87.4. The Labute approximate surface area is 841 Å². The van der Waals surface area contributed by atoms with Crippen molar-refractivity contribution in [1.29, 1.82) is 0 Å². The van der Waals surface area contributed by atoms with E-state index in [-0.39, 0.29) is 80.6 Å². The van der Waals surface area contributed by atoms with Crippen LogP contribution in [0.25, 0.3) is 43.8 Å². The Balaban J connectivity index is 0.000000135. The fourth-order valence-electron chi connectivity index (χ4n) is 23.0. The summed E-state index contributed by atoms with van der Waals surface area (Å²) in [6.07, 6.45) is 29.7. The van der Waals surface area contributed by atoms with E-state index in [1.807, 2.05) is 124 Å². The number of esters is 2. The van der Waals surface area contributed by atoms with E-state index < -0.39 is 17.5 Å². The lowest BCUT2D eigenvalue weighted by molar-refractivity contribution is 0.00699. The third kappa shape index (κ3) is 22.4. The van der Waals surface area contributed by atoms with Crippen molar-refractivity contribution in [3.05, 3.63) is 294 Å². The molecule has 8 aliphatic rings. The largest absolute Gasteiger partial charge is 0.507 e. The Morgan fingerprint density at radius 3 is 1.28 bits per heavy atom. The highest BCUT2D eigenvalue weighted by atomic mass is 16.6. The molecule has 16 nitrogen and oxygen atoms in total. The molecule has 0 spiro atoms. The summed E-state index contributed by atoms with van der Waals surface area (Å²) in [5.74, 6) is 3.85. The molecule has 0 bridgehead atoms. The van der Waals surface area contributed by atoms with Crippen molar-refractivity contribution in [2.24, 2.45) is 17.8 Å². The standard InChI is InChI=1S/2C31H34O3.C22H26O4.C21H28O4.C21H26O2/c2*1-5-6-9-21-17-27(33-30(32)24-14-13-22-10-7-8-11-23(22)19-24)29-25-16-20(2)12-15-26(25)31(3,4)34-28(29)18-21;1-5-6-7-8-14-12-17-19(20(23)18(14)21(24)25)15-11-13(2)9-10-16(15)22(3,4)26-17;1-5-6-7-13-11-16-18(19(22)17(13)20(23)24)14-10-12(2)8-9-15(14)21(3,4)25-16;1-5-6-7-8-15-12-18(22)20-16-11-14(2)9-10-17(16)21(3,4)23-19(20)13-15/h7-8,10-11,13-14,16-19,25-26H,5-6,9,12,15H2,1-4H3;7-8,10-14,17-19,25-26H,5-6,9,15-16H2,1-4H3;9-12,23H,5-8H2,1-4H3,(H,24,25);8,11,14-15,22H,5-7,9-10H2,1-4H3,(H,23,24);9-13,22H,5-8H2,1-4H3/t2*25-,26-;;14-,15-;/m11.1./s1. The van der Waals surface area contributed by atoms with Crippen LogP contribution in [-0.4, -0.2) is 66.2 Å². The summed E-state index contributed by atoms with van der Waals surface area (Å²) in [4.78, 5) is 50.4. The maximum Gasteiger partial charge on any atom is 0.343 e. The number of benzene rings is 11. The minimum absolute atomic E-state index is 0.00406. The van der Waals surface area contributed by atoms with Gasteiger partial charge in [-0.25, -0.2) is 19.2 Å². The van der Waals surface area contributed by atoms with Gasteiger partial charge in [-0.05, 0) is 340 Å². The lowest BCUT2D eigenvalue weighted by Gasteiger charge is -2.47.